The summed E-state index contributed by atoms with van der Waals surface area (Å²) in [4.78, 5) is 0. The second-order valence-electron chi connectivity index (χ2n) is 5.87. The van der Waals surface area contributed by atoms with Crippen molar-refractivity contribution in [3.05, 3.63) is 0 Å². The highest BCUT2D eigenvalue weighted by Crippen LogP contribution is 2.37. The Labute approximate surface area is 112 Å². The monoisotopic (exact) mass is 327 g/mol. The summed E-state index contributed by atoms with van der Waals surface area (Å²) in [6.45, 7) is 4.63. The van der Waals surface area contributed by atoms with Gasteiger partial charge in [0.15, 0.2) is 0 Å². The van der Waals surface area contributed by atoms with Crippen molar-refractivity contribution in [1.82, 2.24) is 0 Å². The van der Waals surface area contributed by atoms with Gasteiger partial charge in [-0.15, -0.1) is 0 Å². The van der Waals surface area contributed by atoms with Crippen LogP contribution in [0.2, 0.25) is 0 Å². The first kappa shape index (κ1) is 15.7. The summed E-state index contributed by atoms with van der Waals surface area (Å²) in [5.74, 6) is 1.50. The molecule has 3 unspecified atom stereocenters. The van der Waals surface area contributed by atoms with Crippen LogP contribution in [0.3, 0.4) is 0 Å². The number of methoxy groups -OCH3 is 1. The lowest BCUT2D eigenvalue weighted by molar-refractivity contribution is -0.898. The lowest BCUT2D eigenvalue weighted by Crippen LogP contribution is -3.00. The van der Waals surface area contributed by atoms with Gasteiger partial charge in [0.1, 0.15) is 12.1 Å². The van der Waals surface area contributed by atoms with Crippen molar-refractivity contribution in [2.45, 2.75) is 38.8 Å². The minimum atomic E-state index is 0. The largest absolute Gasteiger partial charge is 1.00 e. The molecule has 92 valence electrons. The van der Waals surface area contributed by atoms with Crippen molar-refractivity contribution in [2.24, 2.45) is 11.8 Å². The molecular formula is C12H26INO. The smallest absolute Gasteiger partial charge is 0.115 e. The van der Waals surface area contributed by atoms with Gasteiger partial charge < -0.3 is 33.2 Å². The van der Waals surface area contributed by atoms with Gasteiger partial charge in [0.05, 0.1) is 21.1 Å². The van der Waals surface area contributed by atoms with E-state index in [0.29, 0.717) is 12.1 Å². The first-order chi connectivity index (χ1) is 6.38. The van der Waals surface area contributed by atoms with Gasteiger partial charge in [-0.25, -0.2) is 0 Å². The number of quaternary nitrogens is 1. The number of likely N-dealkylation sites (N-methyl/N-ethyl adjacent to an activating group) is 1. The fraction of sp³-hybridized carbons (Fsp3) is 1.00. The Morgan fingerprint density at radius 2 is 1.67 bits per heavy atom. The molecule has 1 rings (SSSR count). The molecule has 1 fully saturated rings. The molecule has 1 aliphatic carbocycles. The Hall–Kier alpha value is 0.650. The fourth-order valence-electron chi connectivity index (χ4n) is 2.85. The lowest BCUT2D eigenvalue weighted by atomic mass is 9.91. The van der Waals surface area contributed by atoms with Gasteiger partial charge in [0.2, 0.25) is 0 Å². The first-order valence-corrected chi connectivity index (χ1v) is 5.71. The third kappa shape index (κ3) is 3.56. The zero-order valence-corrected chi connectivity index (χ0v) is 13.1. The predicted molar refractivity (Wildman–Crippen MR) is 60.2 cm³/mol. The van der Waals surface area contributed by atoms with Crippen LogP contribution < -0.4 is 24.0 Å². The van der Waals surface area contributed by atoms with Crippen LogP contribution >= 0.6 is 0 Å². The van der Waals surface area contributed by atoms with Crippen molar-refractivity contribution in [3.8, 4) is 0 Å². The van der Waals surface area contributed by atoms with Crippen LogP contribution in [-0.2, 0) is 4.74 Å². The van der Waals surface area contributed by atoms with Gasteiger partial charge in [0.25, 0.3) is 0 Å². The van der Waals surface area contributed by atoms with Crippen molar-refractivity contribution in [2.75, 3.05) is 28.3 Å². The van der Waals surface area contributed by atoms with Crippen LogP contribution in [0.5, 0.6) is 0 Å². The van der Waals surface area contributed by atoms with Gasteiger partial charge in [-0.1, -0.05) is 13.8 Å². The Bertz CT molecular complexity index is 189. The van der Waals surface area contributed by atoms with E-state index in [4.69, 9.17) is 4.74 Å². The summed E-state index contributed by atoms with van der Waals surface area (Å²) in [5, 5.41) is 0. The zero-order valence-electron chi connectivity index (χ0n) is 11.0. The normalized spacial score (nSPS) is 31.8. The Kier molecular flexibility index (Phi) is 6.08. The van der Waals surface area contributed by atoms with Gasteiger partial charge in [-0.2, -0.15) is 0 Å². The van der Waals surface area contributed by atoms with E-state index in [9.17, 15) is 0 Å². The van der Waals surface area contributed by atoms with Crippen molar-refractivity contribution in [3.63, 3.8) is 0 Å². The molecule has 0 aliphatic heterocycles. The van der Waals surface area contributed by atoms with Gasteiger partial charge >= 0.3 is 0 Å². The third-order valence-electron chi connectivity index (χ3n) is 3.72. The molecule has 0 N–H and O–H groups in total. The van der Waals surface area contributed by atoms with E-state index in [0.717, 1.165) is 16.3 Å². The molecule has 2 nitrogen and oxygen atoms in total. The highest BCUT2D eigenvalue weighted by molar-refractivity contribution is 4.88. The average Bonchev–Trinajstić information content (AvgIpc) is 2.45. The van der Waals surface area contributed by atoms with Crippen LogP contribution in [-0.4, -0.2) is 44.9 Å². The maximum atomic E-state index is 5.71. The summed E-state index contributed by atoms with van der Waals surface area (Å²) in [6.07, 6.45) is 3.09. The lowest BCUT2D eigenvalue weighted by Gasteiger charge is -2.36. The maximum Gasteiger partial charge on any atom is 0.115 e. The summed E-state index contributed by atoms with van der Waals surface area (Å²) >= 11 is 0. The van der Waals surface area contributed by atoms with E-state index in [1.807, 2.05) is 7.11 Å². The standard InChI is InChI=1S/C12H26NO.HI/c1-9(2)10-7-8-11(12(10)14-6)13(3,4)5;/h9-12H,7-8H2,1-6H3;1H/q+1;/p-1. The summed E-state index contributed by atoms with van der Waals surface area (Å²) < 4.78 is 6.74. The molecule has 0 heterocycles. The third-order valence-corrected chi connectivity index (χ3v) is 3.72. The summed E-state index contributed by atoms with van der Waals surface area (Å²) in [5.41, 5.74) is 0. The molecule has 0 radical (unpaired) electrons. The van der Waals surface area contributed by atoms with E-state index in [1.165, 1.54) is 12.8 Å². The van der Waals surface area contributed by atoms with Crippen LogP contribution in [0.15, 0.2) is 0 Å². The second-order valence-corrected chi connectivity index (χ2v) is 5.87. The Morgan fingerprint density at radius 1 is 1.13 bits per heavy atom. The molecule has 1 aliphatic rings. The molecule has 0 spiro atoms. The number of nitrogens with zero attached hydrogens (tertiary/aromatic N) is 1. The maximum absolute atomic E-state index is 5.71. The van der Waals surface area contributed by atoms with Crippen molar-refractivity contribution >= 4 is 0 Å². The van der Waals surface area contributed by atoms with Gasteiger partial charge in [-0.05, 0) is 18.3 Å². The molecule has 0 bridgehead atoms. The molecule has 1 saturated carbocycles. The van der Waals surface area contributed by atoms with E-state index in [2.05, 4.69) is 35.0 Å². The molecule has 3 heteroatoms. The highest BCUT2D eigenvalue weighted by atomic mass is 127. The van der Waals surface area contributed by atoms with E-state index >= 15 is 0 Å². The molecule has 0 aromatic carbocycles. The van der Waals surface area contributed by atoms with Crippen molar-refractivity contribution < 1.29 is 33.2 Å². The Morgan fingerprint density at radius 3 is 2.00 bits per heavy atom. The minimum Gasteiger partial charge on any atom is -1.00 e. The molecule has 0 amide bonds. The molecule has 0 aromatic rings. The quantitative estimate of drug-likeness (QED) is 0.485. The van der Waals surface area contributed by atoms with Gasteiger partial charge in [0, 0.05) is 13.5 Å². The number of ether oxygens (including phenoxy) is 1. The van der Waals surface area contributed by atoms with Crippen LogP contribution in [0, 0.1) is 11.8 Å². The van der Waals surface area contributed by atoms with E-state index in [-0.39, 0.29) is 24.0 Å². The first-order valence-electron chi connectivity index (χ1n) is 5.71. The Balaban J connectivity index is 0.00000196. The zero-order chi connectivity index (χ0) is 10.9. The second kappa shape index (κ2) is 5.82. The van der Waals surface area contributed by atoms with Crippen LogP contribution in [0.1, 0.15) is 26.7 Å². The van der Waals surface area contributed by atoms with Crippen LogP contribution in [0.4, 0.5) is 0 Å². The molecule has 15 heavy (non-hydrogen) atoms. The number of halogens is 1. The highest BCUT2D eigenvalue weighted by Gasteiger charge is 2.44. The number of hydrogen-bond donors (Lipinski definition) is 0. The van der Waals surface area contributed by atoms with Crippen LogP contribution in [0.25, 0.3) is 0 Å². The van der Waals surface area contributed by atoms with Crippen molar-refractivity contribution in [1.29, 1.82) is 0 Å². The summed E-state index contributed by atoms with van der Waals surface area (Å²) in [7, 11) is 8.70. The number of hydrogen-bond acceptors (Lipinski definition) is 1. The topological polar surface area (TPSA) is 9.23 Å². The SMILES string of the molecule is COC1C(C(C)C)CCC1[N+](C)(C)C.[I-]. The fourth-order valence-corrected chi connectivity index (χ4v) is 2.85. The molecule has 0 saturated heterocycles. The molecule has 0 aromatic heterocycles. The summed E-state index contributed by atoms with van der Waals surface area (Å²) in [6, 6.07) is 0.674. The molecule has 3 atom stereocenters. The average molecular weight is 327 g/mol. The molecular weight excluding hydrogens is 301 g/mol. The van der Waals surface area contributed by atoms with E-state index < -0.39 is 0 Å². The number of rotatable bonds is 3. The van der Waals surface area contributed by atoms with Gasteiger partial charge in [-0.3, -0.25) is 0 Å². The minimum absolute atomic E-state index is 0. The van der Waals surface area contributed by atoms with E-state index in [1.54, 1.807) is 0 Å². The predicted octanol–water partition coefficient (Wildman–Crippen LogP) is -0.854.